The summed E-state index contributed by atoms with van der Waals surface area (Å²) in [6.45, 7) is 30.1. The minimum absolute atomic E-state index is 0.0344. The molecular weight excluding hydrogens is 1090 g/mol. The van der Waals surface area contributed by atoms with Crippen molar-refractivity contribution in [1.82, 2.24) is 50.2 Å². The van der Waals surface area contributed by atoms with Gasteiger partial charge >= 0.3 is 0 Å². The van der Waals surface area contributed by atoms with Crippen LogP contribution in [0.3, 0.4) is 0 Å². The van der Waals surface area contributed by atoms with Crippen molar-refractivity contribution in [3.63, 3.8) is 0 Å². The van der Waals surface area contributed by atoms with Crippen molar-refractivity contribution in [2.45, 2.75) is 211 Å². The lowest BCUT2D eigenvalue weighted by Gasteiger charge is -2.41. The van der Waals surface area contributed by atoms with Gasteiger partial charge in [-0.25, -0.2) is 0 Å². The Kier molecular flexibility index (Phi) is 34.1. The Morgan fingerprint density at radius 1 is 0.459 bits per heavy atom. The third-order valence-corrected chi connectivity index (χ3v) is 15.8. The Balaban J connectivity index is 7.18. The van der Waals surface area contributed by atoms with E-state index in [1.165, 1.54) is 68.8 Å². The molecule has 0 aromatic heterocycles. The number of rotatable bonds is 36. The molecule has 488 valence electrons. The zero-order chi connectivity index (χ0) is 66.4. The summed E-state index contributed by atoms with van der Waals surface area (Å²) in [5.41, 5.74) is 5.24. The summed E-state index contributed by atoms with van der Waals surface area (Å²) in [4.78, 5) is 162. The Morgan fingerprint density at radius 2 is 0.894 bits per heavy atom. The van der Waals surface area contributed by atoms with E-state index in [2.05, 4.69) is 16.0 Å². The number of nitrogens with zero attached hydrogens (tertiary/aromatic N) is 7. The van der Waals surface area contributed by atoms with Gasteiger partial charge in [-0.3, -0.25) is 52.7 Å². The van der Waals surface area contributed by atoms with Gasteiger partial charge in [-0.2, -0.15) is 0 Å². The SMILES string of the molecule is C/C=C/C[C@H](C)[C@H](O)C(C(=O)N[C@H](CC)C(=O)N(C)CC(=O)N(C)CC(N)=O)N(C)C(=O)[C@@H](C(C)C)N(C)C(=O)[C@H](CC(C)C)N(C)C(=O)[C@H](CC(C)C)N(C)C(=O)[C@@H](C)NC(=O)C(CC(C)C)NC(=O)[C@H](CC(C)C)N(C)C(=O)[C@H](C)C(C)C. The minimum atomic E-state index is -1.59. The van der Waals surface area contributed by atoms with Crippen LogP contribution in [0.1, 0.15) is 156 Å². The largest absolute Gasteiger partial charge is 0.390 e. The number of aliphatic hydroxyl groups is 1. The number of carbonyl (C=O) groups excluding carboxylic acids is 11. The standard InChI is InChI=1S/C62H113N11O12/c1-25-27-28-41(15)53(76)52(56(79)65-44(26-2)59(82)68(19)34-50(75)67(18)33-49(63)74)73(24)62(85)51(40(13)14)72(23)61(84)48(32-38(9)10)71(22)60(83)47(31-37(7)8)70(21)58(81)43(17)64-54(77)45(29-35(3)4)66-55(78)46(30-36(5)6)69(20)57(80)42(16)39(11)12/h25,27,35-48,51-53,76H,26,28-34H2,1-24H3,(H2,63,74)(H,64,77)(H,65,79)(H,66,78)/b27-25+/t41-,42+,43+,44+,45?,46-,47-,48-,51+,52?,53-/m0/s1. The van der Waals surface area contributed by atoms with Crippen LogP contribution >= 0.6 is 0 Å². The Bertz CT molecular complexity index is 2270. The molecule has 11 amide bonds. The van der Waals surface area contributed by atoms with Crippen LogP contribution in [0.4, 0.5) is 0 Å². The first kappa shape index (κ1) is 78.9. The van der Waals surface area contributed by atoms with Gasteiger partial charge in [0.1, 0.15) is 48.3 Å². The minimum Gasteiger partial charge on any atom is -0.390 e. The summed E-state index contributed by atoms with van der Waals surface area (Å²) in [5, 5.41) is 20.3. The first-order valence-corrected chi connectivity index (χ1v) is 30.4. The molecular formula is C62H113N11O12. The van der Waals surface area contributed by atoms with Gasteiger partial charge in [-0.15, -0.1) is 0 Å². The van der Waals surface area contributed by atoms with E-state index < -0.39 is 132 Å². The molecule has 0 rings (SSSR count). The molecule has 0 aliphatic rings. The van der Waals surface area contributed by atoms with E-state index in [4.69, 9.17) is 5.73 Å². The third kappa shape index (κ3) is 24.3. The maximum Gasteiger partial charge on any atom is 0.246 e. The number of aliphatic hydroxyl groups excluding tert-OH is 1. The monoisotopic (exact) mass is 1200 g/mol. The first-order chi connectivity index (χ1) is 39.1. The van der Waals surface area contributed by atoms with E-state index in [1.54, 1.807) is 53.8 Å². The fourth-order valence-electron chi connectivity index (χ4n) is 10.1. The summed E-state index contributed by atoms with van der Waals surface area (Å²) < 4.78 is 0. The number of likely N-dealkylation sites (N-methyl/N-ethyl adjacent to an activating group) is 7. The molecule has 0 heterocycles. The summed E-state index contributed by atoms with van der Waals surface area (Å²) in [5.74, 6) is -8.50. The molecule has 23 heteroatoms. The van der Waals surface area contributed by atoms with Crippen molar-refractivity contribution in [3.05, 3.63) is 12.2 Å². The Labute approximate surface area is 509 Å². The number of primary amides is 1. The maximum atomic E-state index is 15.1. The highest BCUT2D eigenvalue weighted by molar-refractivity contribution is 5.98. The van der Waals surface area contributed by atoms with Gasteiger partial charge in [0.15, 0.2) is 0 Å². The first-order valence-electron chi connectivity index (χ1n) is 30.4. The molecule has 6 N–H and O–H groups in total. The Morgan fingerprint density at radius 3 is 1.33 bits per heavy atom. The highest BCUT2D eigenvalue weighted by Crippen LogP contribution is 2.25. The van der Waals surface area contributed by atoms with Crippen molar-refractivity contribution >= 4 is 65.0 Å². The predicted octanol–water partition coefficient (Wildman–Crippen LogP) is 3.50. The molecule has 85 heavy (non-hydrogen) atoms. The molecule has 0 bridgehead atoms. The lowest BCUT2D eigenvalue weighted by atomic mass is 9.91. The lowest BCUT2D eigenvalue weighted by molar-refractivity contribution is -0.157. The summed E-state index contributed by atoms with van der Waals surface area (Å²) in [6, 6.07) is -9.47. The van der Waals surface area contributed by atoms with Gasteiger partial charge < -0.3 is 61.1 Å². The van der Waals surface area contributed by atoms with Crippen molar-refractivity contribution in [3.8, 4) is 0 Å². The normalized spacial score (nSPS) is 15.7. The number of nitrogens with two attached hydrogens (primary N) is 1. The fraction of sp³-hybridized carbons (Fsp3) is 0.790. The van der Waals surface area contributed by atoms with Gasteiger partial charge in [-0.1, -0.05) is 116 Å². The number of amides is 11. The highest BCUT2D eigenvalue weighted by Gasteiger charge is 2.45. The molecule has 0 radical (unpaired) electrons. The average molecular weight is 1200 g/mol. The van der Waals surface area contributed by atoms with E-state index in [0.29, 0.717) is 12.8 Å². The van der Waals surface area contributed by atoms with Crippen LogP contribution in [0.5, 0.6) is 0 Å². The zero-order valence-electron chi connectivity index (χ0n) is 56.3. The topological polar surface area (TPSA) is 293 Å². The second-order valence-electron chi connectivity index (χ2n) is 25.9. The predicted molar refractivity (Wildman–Crippen MR) is 330 cm³/mol. The van der Waals surface area contributed by atoms with Crippen LogP contribution in [0.15, 0.2) is 12.2 Å². The van der Waals surface area contributed by atoms with Crippen molar-refractivity contribution < 1.29 is 57.8 Å². The van der Waals surface area contributed by atoms with Crippen molar-refractivity contribution in [2.24, 2.45) is 53.1 Å². The Hall–Kier alpha value is -6.13. The van der Waals surface area contributed by atoms with E-state index in [0.717, 1.165) is 14.7 Å². The molecule has 2 unspecified atom stereocenters. The second kappa shape index (κ2) is 36.8. The maximum absolute atomic E-state index is 15.1. The lowest BCUT2D eigenvalue weighted by Crippen LogP contribution is -2.63. The van der Waals surface area contributed by atoms with Crippen molar-refractivity contribution in [2.75, 3.05) is 62.4 Å². The summed E-state index contributed by atoms with van der Waals surface area (Å²) in [6.07, 6.45) is 3.35. The molecule has 0 aliphatic heterocycles. The van der Waals surface area contributed by atoms with Gasteiger partial charge in [0.05, 0.1) is 19.2 Å². The van der Waals surface area contributed by atoms with Gasteiger partial charge in [0, 0.05) is 55.3 Å². The number of hydrogen-bond donors (Lipinski definition) is 5. The van der Waals surface area contributed by atoms with Gasteiger partial charge in [0.25, 0.3) is 0 Å². The smallest absolute Gasteiger partial charge is 0.246 e. The number of hydrogen-bond acceptors (Lipinski definition) is 12. The molecule has 0 fully saturated rings. The van der Waals surface area contributed by atoms with Crippen LogP contribution in [0.25, 0.3) is 0 Å². The molecule has 0 saturated carbocycles. The van der Waals surface area contributed by atoms with Gasteiger partial charge in [-0.05, 0) is 93.8 Å². The van der Waals surface area contributed by atoms with Crippen LogP contribution < -0.4 is 21.7 Å². The third-order valence-electron chi connectivity index (χ3n) is 15.8. The fourth-order valence-corrected chi connectivity index (χ4v) is 10.1. The molecule has 0 aromatic carbocycles. The molecule has 23 nitrogen and oxygen atoms in total. The van der Waals surface area contributed by atoms with E-state index >= 15 is 14.4 Å². The van der Waals surface area contributed by atoms with Crippen LogP contribution in [-0.2, 0) is 52.7 Å². The van der Waals surface area contributed by atoms with E-state index in [-0.39, 0.29) is 73.6 Å². The molecule has 0 spiro atoms. The number of nitrogens with one attached hydrogen (secondary N) is 3. The molecule has 11 atom stereocenters. The van der Waals surface area contributed by atoms with Gasteiger partial charge in [0.2, 0.25) is 65.0 Å². The molecule has 0 aromatic rings. The zero-order valence-corrected chi connectivity index (χ0v) is 56.3. The molecule has 0 aliphatic carbocycles. The number of carbonyl (C=O) groups is 11. The number of allylic oxidation sites excluding steroid dienone is 2. The second-order valence-corrected chi connectivity index (χ2v) is 25.9. The average Bonchev–Trinajstić information content (AvgIpc) is 3.62. The summed E-state index contributed by atoms with van der Waals surface area (Å²) >= 11 is 0. The van der Waals surface area contributed by atoms with Crippen LogP contribution in [0.2, 0.25) is 0 Å². The van der Waals surface area contributed by atoms with E-state index in [1.807, 2.05) is 76.2 Å². The molecule has 0 saturated heterocycles. The van der Waals surface area contributed by atoms with E-state index in [9.17, 15) is 43.5 Å². The van der Waals surface area contributed by atoms with Crippen LogP contribution in [0, 0.1) is 47.3 Å². The van der Waals surface area contributed by atoms with Crippen LogP contribution in [-0.4, -0.2) is 221 Å². The quantitative estimate of drug-likeness (QED) is 0.0564. The summed E-state index contributed by atoms with van der Waals surface area (Å²) in [7, 11) is 10.0. The highest BCUT2D eigenvalue weighted by atomic mass is 16.3. The van der Waals surface area contributed by atoms with Crippen molar-refractivity contribution in [1.29, 1.82) is 0 Å².